The molecule has 3 heteroatoms. The first-order valence-corrected chi connectivity index (χ1v) is 8.75. The van der Waals surface area contributed by atoms with E-state index in [1.165, 1.54) is 16.7 Å². The van der Waals surface area contributed by atoms with Gasteiger partial charge in [-0.25, -0.2) is 0 Å². The summed E-state index contributed by atoms with van der Waals surface area (Å²) in [6, 6.07) is 6.85. The highest BCUT2D eigenvalue weighted by Gasteiger charge is 2.18. The number of hydrogen-bond acceptors (Lipinski definition) is 2. The van der Waals surface area contributed by atoms with Gasteiger partial charge in [-0.05, 0) is 41.9 Å². The number of nitrogens with zero attached hydrogens (tertiary/aromatic N) is 1. The number of piperazine rings is 1. The summed E-state index contributed by atoms with van der Waals surface area (Å²) in [6.45, 7) is 10.3. The van der Waals surface area contributed by atoms with E-state index in [0.717, 1.165) is 45.4 Å². The molecule has 2 rings (SSSR count). The Bertz CT molecular complexity index is 492. The SMILES string of the molecule is CCc1ccc(CC)c(C(C)CCC(=O)N2CCNCC2)c1. The maximum Gasteiger partial charge on any atom is 0.222 e. The van der Waals surface area contributed by atoms with Crippen molar-refractivity contribution < 1.29 is 4.79 Å². The van der Waals surface area contributed by atoms with E-state index in [1.807, 2.05) is 4.90 Å². The topological polar surface area (TPSA) is 32.3 Å². The Hall–Kier alpha value is -1.35. The maximum absolute atomic E-state index is 12.3. The largest absolute Gasteiger partial charge is 0.340 e. The second kappa shape index (κ2) is 8.33. The Morgan fingerprint density at radius 2 is 1.95 bits per heavy atom. The van der Waals surface area contributed by atoms with Gasteiger partial charge in [0.1, 0.15) is 0 Å². The minimum absolute atomic E-state index is 0.318. The molecule has 1 aliphatic rings. The van der Waals surface area contributed by atoms with Crippen LogP contribution in [0.3, 0.4) is 0 Å². The standard InChI is InChI=1S/C19H30N2O/c1-4-16-7-8-17(5-2)18(14-16)15(3)6-9-19(22)21-12-10-20-11-13-21/h7-8,14-15,20H,4-6,9-13H2,1-3H3. The van der Waals surface area contributed by atoms with Crippen LogP contribution in [-0.2, 0) is 17.6 Å². The van der Waals surface area contributed by atoms with Crippen molar-refractivity contribution in [3.05, 3.63) is 34.9 Å². The van der Waals surface area contributed by atoms with Gasteiger partial charge in [-0.1, -0.05) is 39.0 Å². The van der Waals surface area contributed by atoms with Crippen LogP contribution < -0.4 is 5.32 Å². The first-order valence-electron chi connectivity index (χ1n) is 8.75. The van der Waals surface area contributed by atoms with Gasteiger partial charge in [0.15, 0.2) is 0 Å². The fraction of sp³-hybridized carbons (Fsp3) is 0.632. The van der Waals surface area contributed by atoms with Crippen molar-refractivity contribution in [2.45, 2.75) is 52.4 Å². The van der Waals surface area contributed by atoms with E-state index in [-0.39, 0.29) is 0 Å². The van der Waals surface area contributed by atoms with Crippen LogP contribution >= 0.6 is 0 Å². The van der Waals surface area contributed by atoms with Crippen LogP contribution in [0.2, 0.25) is 0 Å². The van der Waals surface area contributed by atoms with Crippen LogP contribution in [0.1, 0.15) is 56.2 Å². The third-order valence-corrected chi connectivity index (χ3v) is 4.79. The van der Waals surface area contributed by atoms with E-state index in [4.69, 9.17) is 0 Å². The Labute approximate surface area is 135 Å². The van der Waals surface area contributed by atoms with Gasteiger partial charge in [-0.2, -0.15) is 0 Å². The second-order valence-corrected chi connectivity index (χ2v) is 6.31. The molecule has 122 valence electrons. The summed E-state index contributed by atoms with van der Waals surface area (Å²) in [5.41, 5.74) is 4.27. The molecule has 1 aromatic rings. The number of carbonyl (C=O) groups is 1. The second-order valence-electron chi connectivity index (χ2n) is 6.31. The van der Waals surface area contributed by atoms with Crippen molar-refractivity contribution in [2.24, 2.45) is 0 Å². The molecule has 0 aromatic heterocycles. The van der Waals surface area contributed by atoms with Gasteiger partial charge < -0.3 is 10.2 Å². The zero-order valence-electron chi connectivity index (χ0n) is 14.3. The molecule has 0 bridgehead atoms. The van der Waals surface area contributed by atoms with Crippen molar-refractivity contribution in [2.75, 3.05) is 26.2 Å². The molecule has 1 amide bonds. The molecule has 1 aromatic carbocycles. The van der Waals surface area contributed by atoms with Crippen molar-refractivity contribution in [3.8, 4) is 0 Å². The van der Waals surface area contributed by atoms with E-state index >= 15 is 0 Å². The summed E-state index contributed by atoms with van der Waals surface area (Å²) in [7, 11) is 0. The molecule has 1 fully saturated rings. The van der Waals surface area contributed by atoms with Crippen molar-refractivity contribution in [1.82, 2.24) is 10.2 Å². The van der Waals surface area contributed by atoms with E-state index in [0.29, 0.717) is 18.2 Å². The molecule has 0 radical (unpaired) electrons. The van der Waals surface area contributed by atoms with Gasteiger partial charge in [-0.15, -0.1) is 0 Å². The molecular formula is C19H30N2O. The molecule has 1 unspecified atom stereocenters. The predicted octanol–water partition coefficient (Wildman–Crippen LogP) is 3.13. The van der Waals surface area contributed by atoms with Crippen molar-refractivity contribution >= 4 is 5.91 Å². The average Bonchev–Trinajstić information content (AvgIpc) is 2.59. The molecule has 1 heterocycles. The lowest BCUT2D eigenvalue weighted by molar-refractivity contribution is -0.131. The minimum atomic E-state index is 0.318. The summed E-state index contributed by atoms with van der Waals surface area (Å²) in [4.78, 5) is 14.3. The number of rotatable bonds is 6. The quantitative estimate of drug-likeness (QED) is 0.875. The Kier molecular flexibility index (Phi) is 6.44. The number of nitrogens with one attached hydrogen (secondary N) is 1. The Morgan fingerprint density at radius 1 is 1.23 bits per heavy atom. The van der Waals surface area contributed by atoms with Crippen LogP contribution in [-0.4, -0.2) is 37.0 Å². The number of hydrogen-bond donors (Lipinski definition) is 1. The van der Waals surface area contributed by atoms with Crippen LogP contribution in [0.15, 0.2) is 18.2 Å². The number of carbonyl (C=O) groups excluding carboxylic acids is 1. The van der Waals surface area contributed by atoms with E-state index in [1.54, 1.807) is 0 Å². The predicted molar refractivity (Wildman–Crippen MR) is 92.3 cm³/mol. The van der Waals surface area contributed by atoms with Gasteiger partial charge in [0.2, 0.25) is 5.91 Å². The third kappa shape index (κ3) is 4.33. The molecule has 1 N–H and O–H groups in total. The first-order chi connectivity index (χ1) is 10.7. The Balaban J connectivity index is 1.96. The van der Waals surface area contributed by atoms with E-state index < -0.39 is 0 Å². The molecule has 0 spiro atoms. The van der Waals surface area contributed by atoms with Crippen LogP contribution in [0.4, 0.5) is 0 Å². The van der Waals surface area contributed by atoms with Crippen LogP contribution in [0, 0.1) is 0 Å². The summed E-state index contributed by atoms with van der Waals surface area (Å²) in [5, 5.41) is 3.29. The normalized spacial score (nSPS) is 16.6. The van der Waals surface area contributed by atoms with Crippen molar-refractivity contribution in [3.63, 3.8) is 0 Å². The fourth-order valence-corrected chi connectivity index (χ4v) is 3.21. The monoisotopic (exact) mass is 302 g/mol. The summed E-state index contributed by atoms with van der Waals surface area (Å²) in [5.74, 6) is 0.770. The van der Waals surface area contributed by atoms with Gasteiger partial charge in [-0.3, -0.25) is 4.79 Å². The van der Waals surface area contributed by atoms with E-state index in [2.05, 4.69) is 44.3 Å². The molecule has 22 heavy (non-hydrogen) atoms. The van der Waals surface area contributed by atoms with Crippen LogP contribution in [0.25, 0.3) is 0 Å². The number of aryl methyl sites for hydroxylation is 2. The summed E-state index contributed by atoms with van der Waals surface area (Å²) >= 11 is 0. The lowest BCUT2D eigenvalue weighted by Gasteiger charge is -2.28. The van der Waals surface area contributed by atoms with Gasteiger partial charge in [0.25, 0.3) is 0 Å². The van der Waals surface area contributed by atoms with Gasteiger partial charge >= 0.3 is 0 Å². The highest BCUT2D eigenvalue weighted by Crippen LogP contribution is 2.26. The van der Waals surface area contributed by atoms with Crippen LogP contribution in [0.5, 0.6) is 0 Å². The lowest BCUT2D eigenvalue weighted by atomic mass is 9.89. The number of amides is 1. The van der Waals surface area contributed by atoms with E-state index in [9.17, 15) is 4.79 Å². The molecule has 0 saturated carbocycles. The molecular weight excluding hydrogens is 272 g/mol. The molecule has 1 aliphatic heterocycles. The first kappa shape index (κ1) is 17.0. The smallest absolute Gasteiger partial charge is 0.222 e. The zero-order valence-corrected chi connectivity index (χ0v) is 14.3. The molecule has 1 saturated heterocycles. The zero-order chi connectivity index (χ0) is 15.9. The minimum Gasteiger partial charge on any atom is -0.340 e. The van der Waals surface area contributed by atoms with Gasteiger partial charge in [0.05, 0.1) is 0 Å². The molecule has 0 aliphatic carbocycles. The molecule has 1 atom stereocenters. The Morgan fingerprint density at radius 3 is 2.59 bits per heavy atom. The molecule has 3 nitrogen and oxygen atoms in total. The average molecular weight is 302 g/mol. The fourth-order valence-electron chi connectivity index (χ4n) is 3.21. The highest BCUT2D eigenvalue weighted by molar-refractivity contribution is 5.76. The summed E-state index contributed by atoms with van der Waals surface area (Å²) < 4.78 is 0. The van der Waals surface area contributed by atoms with Gasteiger partial charge in [0, 0.05) is 32.6 Å². The third-order valence-electron chi connectivity index (χ3n) is 4.79. The maximum atomic E-state index is 12.3. The summed E-state index contributed by atoms with van der Waals surface area (Å²) in [6.07, 6.45) is 3.75. The van der Waals surface area contributed by atoms with Crippen molar-refractivity contribution in [1.29, 1.82) is 0 Å². The highest BCUT2D eigenvalue weighted by atomic mass is 16.2. The number of benzene rings is 1. The lowest BCUT2D eigenvalue weighted by Crippen LogP contribution is -2.46.